The van der Waals surface area contributed by atoms with E-state index in [0.717, 1.165) is 11.3 Å². The average Bonchev–Trinajstić information content (AvgIpc) is 3.08. The molecule has 0 spiro atoms. The fourth-order valence-electron chi connectivity index (χ4n) is 2.06. The van der Waals surface area contributed by atoms with Gasteiger partial charge in [-0.2, -0.15) is 0 Å². The summed E-state index contributed by atoms with van der Waals surface area (Å²) >= 11 is 1.36. The molecule has 0 aliphatic rings. The number of ether oxygens (including phenoxy) is 1. The Morgan fingerprint density at radius 2 is 1.79 bits per heavy atom. The molecule has 0 amide bonds. The van der Waals surface area contributed by atoms with E-state index in [0.29, 0.717) is 4.88 Å². The molecule has 2 aromatic rings. The molecule has 0 atom stereocenters. The van der Waals surface area contributed by atoms with Crippen molar-refractivity contribution in [3.63, 3.8) is 0 Å². The van der Waals surface area contributed by atoms with Crippen LogP contribution in [0.3, 0.4) is 0 Å². The predicted octanol–water partition coefficient (Wildman–Crippen LogP) is 3.14. The van der Waals surface area contributed by atoms with Crippen LogP contribution in [-0.4, -0.2) is 32.5 Å². The third kappa shape index (κ3) is 4.10. The van der Waals surface area contributed by atoms with Crippen LogP contribution in [0.1, 0.15) is 38.8 Å². The van der Waals surface area contributed by atoms with Gasteiger partial charge in [0.1, 0.15) is 0 Å². The Morgan fingerprint density at radius 3 is 2.42 bits per heavy atom. The highest BCUT2D eigenvalue weighted by molar-refractivity contribution is 7.91. The van der Waals surface area contributed by atoms with Gasteiger partial charge in [0.05, 0.1) is 21.1 Å². The summed E-state index contributed by atoms with van der Waals surface area (Å²) in [5.41, 5.74) is -0.0485. The molecule has 2 rings (SSSR count). The molecule has 1 aromatic heterocycles. The van der Waals surface area contributed by atoms with Crippen molar-refractivity contribution >= 4 is 32.9 Å². The minimum absolute atomic E-state index is 0.0485. The van der Waals surface area contributed by atoms with Gasteiger partial charge in [0.2, 0.25) is 5.78 Å². The number of esters is 1. The van der Waals surface area contributed by atoms with Crippen LogP contribution in [0.15, 0.2) is 41.3 Å². The fourth-order valence-corrected chi connectivity index (χ4v) is 4.01. The third-order valence-electron chi connectivity index (χ3n) is 3.44. The number of ketones is 1. The SMILES string of the molecule is CCc1ccc(C(=O)COC(=O)c2ccccc2S(=O)(=O)CC)s1. The van der Waals surface area contributed by atoms with Crippen LogP contribution in [-0.2, 0) is 21.0 Å². The normalized spacial score (nSPS) is 11.2. The summed E-state index contributed by atoms with van der Waals surface area (Å²) in [5.74, 6) is -1.24. The first-order valence-corrected chi connectivity index (χ1v) is 9.96. The van der Waals surface area contributed by atoms with Crippen molar-refractivity contribution in [2.75, 3.05) is 12.4 Å². The van der Waals surface area contributed by atoms with Crippen LogP contribution in [0, 0.1) is 0 Å². The minimum Gasteiger partial charge on any atom is -0.454 e. The molecule has 0 N–H and O–H groups in total. The monoisotopic (exact) mass is 366 g/mol. The topological polar surface area (TPSA) is 77.5 Å². The lowest BCUT2D eigenvalue weighted by atomic mass is 10.2. The molecule has 128 valence electrons. The largest absolute Gasteiger partial charge is 0.454 e. The summed E-state index contributed by atoms with van der Waals surface area (Å²) in [6, 6.07) is 9.42. The van der Waals surface area contributed by atoms with Gasteiger partial charge in [-0.1, -0.05) is 26.0 Å². The smallest absolute Gasteiger partial charge is 0.339 e. The van der Waals surface area contributed by atoms with Gasteiger partial charge in [-0.15, -0.1) is 11.3 Å². The highest BCUT2D eigenvalue weighted by Gasteiger charge is 2.22. The van der Waals surface area contributed by atoms with Crippen molar-refractivity contribution in [3.05, 3.63) is 51.7 Å². The Balaban J connectivity index is 2.12. The second-order valence-corrected chi connectivity index (χ2v) is 8.43. The maximum Gasteiger partial charge on any atom is 0.339 e. The number of hydrogen-bond acceptors (Lipinski definition) is 6. The van der Waals surface area contributed by atoms with E-state index in [-0.39, 0.29) is 22.0 Å². The van der Waals surface area contributed by atoms with Gasteiger partial charge in [-0.05, 0) is 30.7 Å². The molecule has 1 heterocycles. The lowest BCUT2D eigenvalue weighted by Crippen LogP contribution is -2.17. The van der Waals surface area contributed by atoms with Gasteiger partial charge >= 0.3 is 5.97 Å². The number of Topliss-reactive ketones (excluding diaryl/α,β-unsaturated/α-hetero) is 1. The van der Waals surface area contributed by atoms with E-state index in [9.17, 15) is 18.0 Å². The zero-order valence-corrected chi connectivity index (χ0v) is 15.1. The van der Waals surface area contributed by atoms with Gasteiger partial charge in [0.15, 0.2) is 16.4 Å². The number of rotatable bonds is 7. The number of hydrogen-bond donors (Lipinski definition) is 0. The maximum atomic E-state index is 12.2. The van der Waals surface area contributed by atoms with Crippen LogP contribution in [0.4, 0.5) is 0 Å². The third-order valence-corrected chi connectivity index (χ3v) is 6.50. The van der Waals surface area contributed by atoms with Crippen molar-refractivity contribution in [1.82, 2.24) is 0 Å². The summed E-state index contributed by atoms with van der Waals surface area (Å²) in [4.78, 5) is 25.8. The lowest BCUT2D eigenvalue weighted by Gasteiger charge is -2.08. The molecular formula is C17H18O5S2. The summed E-state index contributed by atoms with van der Waals surface area (Å²) in [7, 11) is -3.55. The predicted molar refractivity (Wildman–Crippen MR) is 92.5 cm³/mol. The van der Waals surface area contributed by atoms with Crippen LogP contribution in [0.5, 0.6) is 0 Å². The molecule has 5 nitrogen and oxygen atoms in total. The molecule has 7 heteroatoms. The Kier molecular flexibility index (Phi) is 5.90. The van der Waals surface area contributed by atoms with Crippen LogP contribution < -0.4 is 0 Å². The van der Waals surface area contributed by atoms with Crippen LogP contribution >= 0.6 is 11.3 Å². The Hall–Kier alpha value is -1.99. The van der Waals surface area contributed by atoms with Gasteiger partial charge < -0.3 is 4.74 Å². The summed E-state index contributed by atoms with van der Waals surface area (Å²) in [5, 5.41) is 0. The zero-order chi connectivity index (χ0) is 17.7. The van der Waals surface area contributed by atoms with Crippen molar-refractivity contribution in [2.45, 2.75) is 25.2 Å². The summed E-state index contributed by atoms with van der Waals surface area (Å²) < 4.78 is 29.1. The molecule has 24 heavy (non-hydrogen) atoms. The van der Waals surface area contributed by atoms with E-state index in [4.69, 9.17) is 4.74 Å². The summed E-state index contributed by atoms with van der Waals surface area (Å²) in [6.07, 6.45) is 0.833. The molecule has 0 saturated heterocycles. The van der Waals surface area contributed by atoms with Crippen LogP contribution in [0.25, 0.3) is 0 Å². The first-order valence-electron chi connectivity index (χ1n) is 7.49. The van der Waals surface area contributed by atoms with Crippen molar-refractivity contribution in [2.24, 2.45) is 0 Å². The van der Waals surface area contributed by atoms with Gasteiger partial charge in [-0.25, -0.2) is 13.2 Å². The Bertz CT molecular complexity index is 849. The molecule has 0 fully saturated rings. The van der Waals surface area contributed by atoms with E-state index in [1.807, 2.05) is 13.0 Å². The van der Waals surface area contributed by atoms with Crippen molar-refractivity contribution in [3.8, 4) is 0 Å². The van der Waals surface area contributed by atoms with E-state index in [1.165, 1.54) is 30.4 Å². The summed E-state index contributed by atoms with van der Waals surface area (Å²) in [6.45, 7) is 3.08. The van der Waals surface area contributed by atoms with Gasteiger partial charge in [0.25, 0.3) is 0 Å². The van der Waals surface area contributed by atoms with E-state index in [1.54, 1.807) is 18.2 Å². The number of benzene rings is 1. The Morgan fingerprint density at radius 1 is 1.08 bits per heavy atom. The van der Waals surface area contributed by atoms with Crippen molar-refractivity contribution in [1.29, 1.82) is 0 Å². The molecule has 1 aromatic carbocycles. The lowest BCUT2D eigenvalue weighted by molar-refractivity contribution is 0.0472. The minimum atomic E-state index is -3.55. The van der Waals surface area contributed by atoms with E-state index >= 15 is 0 Å². The molecule has 0 unspecified atom stereocenters. The van der Waals surface area contributed by atoms with Crippen LogP contribution in [0.2, 0.25) is 0 Å². The highest BCUT2D eigenvalue weighted by Crippen LogP contribution is 2.20. The fraction of sp³-hybridized carbons (Fsp3) is 0.294. The molecule has 0 aliphatic carbocycles. The second-order valence-electron chi connectivity index (χ2n) is 5.02. The van der Waals surface area contributed by atoms with Crippen molar-refractivity contribution < 1.29 is 22.7 Å². The molecule has 0 saturated carbocycles. The molecule has 0 aliphatic heterocycles. The quantitative estimate of drug-likeness (QED) is 0.556. The molecule has 0 radical (unpaired) electrons. The number of carbonyl (C=O) groups is 2. The zero-order valence-electron chi connectivity index (χ0n) is 13.4. The second kappa shape index (κ2) is 7.72. The van der Waals surface area contributed by atoms with E-state index < -0.39 is 22.4 Å². The number of carbonyl (C=O) groups excluding carboxylic acids is 2. The Labute approximate surface area is 145 Å². The molecule has 0 bridgehead atoms. The highest BCUT2D eigenvalue weighted by atomic mass is 32.2. The number of thiophene rings is 1. The average molecular weight is 366 g/mol. The van der Waals surface area contributed by atoms with Gasteiger partial charge in [0, 0.05) is 4.88 Å². The number of aryl methyl sites for hydroxylation is 1. The first kappa shape index (κ1) is 18.4. The standard InChI is InChI=1S/C17H18O5S2/c1-3-12-9-10-15(23-12)14(18)11-22-17(19)13-7-5-6-8-16(13)24(20,21)4-2/h5-10H,3-4,11H2,1-2H3. The maximum absolute atomic E-state index is 12.2. The van der Waals surface area contributed by atoms with Gasteiger partial charge in [-0.3, -0.25) is 4.79 Å². The molecular weight excluding hydrogens is 348 g/mol. The van der Waals surface area contributed by atoms with E-state index in [2.05, 4.69) is 0 Å². The number of sulfone groups is 1. The first-order chi connectivity index (χ1) is 11.4.